The van der Waals surface area contributed by atoms with Crippen LogP contribution >= 0.6 is 0 Å². The maximum absolute atomic E-state index is 4.62. The van der Waals surface area contributed by atoms with E-state index in [1.54, 1.807) is 0 Å². The van der Waals surface area contributed by atoms with Gasteiger partial charge in [0.05, 0.1) is 0 Å². The van der Waals surface area contributed by atoms with Gasteiger partial charge in [0.25, 0.3) is 0 Å². The van der Waals surface area contributed by atoms with Gasteiger partial charge >= 0.3 is 0 Å². The third-order valence-electron chi connectivity index (χ3n) is 3.65. The molecule has 0 amide bonds. The summed E-state index contributed by atoms with van der Waals surface area (Å²) in [5.74, 6) is 0.851. The molecule has 1 fully saturated rings. The predicted molar refractivity (Wildman–Crippen MR) is 72.0 cm³/mol. The molecular formula is C13H19N5. The monoisotopic (exact) mass is 245 g/mol. The number of fused-ring (bicyclic) bond motifs is 1. The zero-order valence-electron chi connectivity index (χ0n) is 10.9. The first-order valence-electron chi connectivity index (χ1n) is 6.52. The van der Waals surface area contributed by atoms with E-state index in [0.717, 1.165) is 30.4 Å². The van der Waals surface area contributed by atoms with Gasteiger partial charge in [-0.05, 0) is 38.9 Å². The maximum atomic E-state index is 4.62. The van der Waals surface area contributed by atoms with Crippen LogP contribution in [0.2, 0.25) is 0 Å². The Morgan fingerprint density at radius 3 is 3.06 bits per heavy atom. The molecule has 1 atom stereocenters. The number of hydrogen-bond donors (Lipinski definition) is 1. The molecule has 2 aromatic rings. The van der Waals surface area contributed by atoms with Crippen LogP contribution in [0.15, 0.2) is 18.2 Å². The highest BCUT2D eigenvalue weighted by Gasteiger charge is 2.21. The molecule has 5 nitrogen and oxygen atoms in total. The van der Waals surface area contributed by atoms with E-state index in [-0.39, 0.29) is 0 Å². The second-order valence-corrected chi connectivity index (χ2v) is 4.92. The van der Waals surface area contributed by atoms with Crippen LogP contribution in [0.1, 0.15) is 18.5 Å². The number of anilines is 1. The van der Waals surface area contributed by atoms with Crippen LogP contribution in [0, 0.1) is 6.92 Å². The molecule has 0 saturated carbocycles. The Morgan fingerprint density at radius 1 is 1.39 bits per heavy atom. The molecule has 0 radical (unpaired) electrons. The van der Waals surface area contributed by atoms with E-state index in [1.165, 1.54) is 12.8 Å². The molecule has 18 heavy (non-hydrogen) atoms. The lowest BCUT2D eigenvalue weighted by Crippen LogP contribution is -2.44. The van der Waals surface area contributed by atoms with E-state index in [2.05, 4.69) is 33.3 Å². The quantitative estimate of drug-likeness (QED) is 0.864. The molecule has 3 rings (SSSR count). The summed E-state index contributed by atoms with van der Waals surface area (Å²) in [5, 5.41) is 7.95. The fourth-order valence-electron chi connectivity index (χ4n) is 2.55. The molecular weight excluding hydrogens is 226 g/mol. The van der Waals surface area contributed by atoms with Crippen LogP contribution in [0.5, 0.6) is 0 Å². The van der Waals surface area contributed by atoms with E-state index in [1.807, 2.05) is 23.7 Å². The molecule has 0 aliphatic carbocycles. The maximum Gasteiger partial charge on any atom is 0.245 e. The van der Waals surface area contributed by atoms with Gasteiger partial charge < -0.3 is 10.2 Å². The predicted octanol–water partition coefficient (Wildman–Crippen LogP) is 1.23. The van der Waals surface area contributed by atoms with Crippen LogP contribution in [-0.2, 0) is 0 Å². The highest BCUT2D eigenvalue weighted by atomic mass is 15.4. The Bertz CT molecular complexity index is 547. The number of rotatable bonds is 2. The van der Waals surface area contributed by atoms with Crippen molar-refractivity contribution in [1.82, 2.24) is 19.9 Å². The molecule has 2 aromatic heterocycles. The molecule has 5 heteroatoms. The first-order valence-corrected chi connectivity index (χ1v) is 6.52. The van der Waals surface area contributed by atoms with Gasteiger partial charge in [-0.15, -0.1) is 5.10 Å². The minimum atomic E-state index is 0.548. The van der Waals surface area contributed by atoms with E-state index in [0.29, 0.717) is 6.04 Å². The van der Waals surface area contributed by atoms with Crippen molar-refractivity contribution in [2.45, 2.75) is 25.8 Å². The zero-order valence-corrected chi connectivity index (χ0v) is 10.9. The molecule has 3 heterocycles. The number of piperidine rings is 1. The number of pyridine rings is 1. The molecule has 1 aliphatic rings. The topological polar surface area (TPSA) is 45.5 Å². The molecule has 1 aliphatic heterocycles. The number of aryl methyl sites for hydroxylation is 1. The summed E-state index contributed by atoms with van der Waals surface area (Å²) in [6.07, 6.45) is 2.43. The average molecular weight is 245 g/mol. The Kier molecular flexibility index (Phi) is 2.91. The van der Waals surface area contributed by atoms with Crippen LogP contribution in [0.4, 0.5) is 5.95 Å². The molecule has 0 aromatic carbocycles. The van der Waals surface area contributed by atoms with Crippen molar-refractivity contribution in [3.63, 3.8) is 0 Å². The van der Waals surface area contributed by atoms with Gasteiger partial charge in [-0.3, -0.25) is 0 Å². The van der Waals surface area contributed by atoms with Crippen molar-refractivity contribution in [2.75, 3.05) is 25.0 Å². The van der Waals surface area contributed by atoms with Crippen LogP contribution in [0.3, 0.4) is 0 Å². The summed E-state index contributed by atoms with van der Waals surface area (Å²) >= 11 is 0. The normalized spacial score (nSPS) is 20.6. The minimum Gasteiger partial charge on any atom is -0.338 e. The summed E-state index contributed by atoms with van der Waals surface area (Å²) in [5.41, 5.74) is 2.05. The SMILES string of the molecule is CNC1CCCN(c2nc3cccc(C)n3n2)C1. The molecule has 0 spiro atoms. The Hall–Kier alpha value is -1.62. The lowest BCUT2D eigenvalue weighted by atomic mass is 10.1. The summed E-state index contributed by atoms with van der Waals surface area (Å²) in [6, 6.07) is 6.63. The minimum absolute atomic E-state index is 0.548. The summed E-state index contributed by atoms with van der Waals surface area (Å²) in [4.78, 5) is 6.89. The van der Waals surface area contributed by atoms with Crippen molar-refractivity contribution in [2.24, 2.45) is 0 Å². The standard InChI is InChI=1S/C13H19N5/c1-10-5-3-7-12-15-13(16-18(10)12)17-8-4-6-11(9-17)14-2/h3,5,7,11,14H,4,6,8-9H2,1-2H3. The Balaban J connectivity index is 1.92. The van der Waals surface area contributed by atoms with Gasteiger partial charge in [-0.25, -0.2) is 4.52 Å². The summed E-state index contributed by atoms with van der Waals surface area (Å²) in [6.45, 7) is 4.10. The van der Waals surface area contributed by atoms with Crippen LogP contribution < -0.4 is 10.2 Å². The number of nitrogens with zero attached hydrogens (tertiary/aromatic N) is 4. The van der Waals surface area contributed by atoms with Gasteiger partial charge in [0.15, 0.2) is 5.65 Å². The second-order valence-electron chi connectivity index (χ2n) is 4.92. The van der Waals surface area contributed by atoms with E-state index < -0.39 is 0 Å². The molecule has 0 bridgehead atoms. The first-order chi connectivity index (χ1) is 8.78. The molecule has 96 valence electrons. The fourth-order valence-corrected chi connectivity index (χ4v) is 2.55. The Morgan fingerprint density at radius 2 is 2.28 bits per heavy atom. The third-order valence-corrected chi connectivity index (χ3v) is 3.65. The number of aromatic nitrogens is 3. The van der Waals surface area contributed by atoms with Gasteiger partial charge in [0.1, 0.15) is 0 Å². The number of nitrogens with one attached hydrogen (secondary N) is 1. The van der Waals surface area contributed by atoms with Crippen LogP contribution in [-0.4, -0.2) is 40.8 Å². The van der Waals surface area contributed by atoms with E-state index in [4.69, 9.17) is 0 Å². The molecule has 1 N–H and O–H groups in total. The van der Waals surface area contributed by atoms with Crippen molar-refractivity contribution < 1.29 is 0 Å². The third kappa shape index (κ3) is 1.95. The Labute approximate surface area is 107 Å². The number of hydrogen-bond acceptors (Lipinski definition) is 4. The fraction of sp³-hybridized carbons (Fsp3) is 0.538. The van der Waals surface area contributed by atoms with E-state index in [9.17, 15) is 0 Å². The molecule has 1 saturated heterocycles. The lowest BCUT2D eigenvalue weighted by molar-refractivity contribution is 0.445. The van der Waals surface area contributed by atoms with Crippen LogP contribution in [0.25, 0.3) is 5.65 Å². The van der Waals surface area contributed by atoms with Gasteiger partial charge in [0, 0.05) is 24.8 Å². The van der Waals surface area contributed by atoms with Crippen molar-refractivity contribution in [1.29, 1.82) is 0 Å². The highest BCUT2D eigenvalue weighted by Crippen LogP contribution is 2.17. The van der Waals surface area contributed by atoms with Gasteiger partial charge in [0.2, 0.25) is 5.95 Å². The highest BCUT2D eigenvalue weighted by molar-refractivity contribution is 5.46. The second kappa shape index (κ2) is 4.57. The largest absolute Gasteiger partial charge is 0.338 e. The smallest absolute Gasteiger partial charge is 0.245 e. The number of likely N-dealkylation sites (N-methyl/N-ethyl adjacent to an activating group) is 1. The average Bonchev–Trinajstić information content (AvgIpc) is 2.84. The van der Waals surface area contributed by atoms with Crippen molar-refractivity contribution >= 4 is 11.6 Å². The first kappa shape index (κ1) is 11.5. The van der Waals surface area contributed by atoms with Crippen molar-refractivity contribution in [3.05, 3.63) is 23.9 Å². The summed E-state index contributed by atoms with van der Waals surface area (Å²) in [7, 11) is 2.02. The van der Waals surface area contributed by atoms with E-state index >= 15 is 0 Å². The van der Waals surface area contributed by atoms with Gasteiger partial charge in [-0.2, -0.15) is 4.98 Å². The van der Waals surface area contributed by atoms with Gasteiger partial charge in [-0.1, -0.05) is 6.07 Å². The zero-order chi connectivity index (χ0) is 12.5. The summed E-state index contributed by atoms with van der Waals surface area (Å²) < 4.78 is 1.92. The lowest BCUT2D eigenvalue weighted by Gasteiger charge is -2.31. The molecule has 1 unspecified atom stereocenters. The van der Waals surface area contributed by atoms with Crippen molar-refractivity contribution in [3.8, 4) is 0 Å².